The van der Waals surface area contributed by atoms with Crippen LogP contribution in [-0.2, 0) is 0 Å². The van der Waals surface area contributed by atoms with Crippen LogP contribution in [0.15, 0.2) is 24.3 Å². The second kappa shape index (κ2) is 5.41. The molecule has 1 aliphatic heterocycles. The molecule has 0 saturated carbocycles. The highest BCUT2D eigenvalue weighted by Crippen LogP contribution is 2.16. The van der Waals surface area contributed by atoms with E-state index >= 15 is 0 Å². The minimum absolute atomic E-state index is 0.114. The molecule has 1 unspecified atom stereocenters. The Labute approximate surface area is 101 Å². The zero-order valence-electron chi connectivity index (χ0n) is 10.2. The summed E-state index contributed by atoms with van der Waals surface area (Å²) in [6, 6.07) is 6.21. The van der Waals surface area contributed by atoms with E-state index in [0.717, 1.165) is 19.5 Å². The van der Waals surface area contributed by atoms with Crippen molar-refractivity contribution in [1.29, 1.82) is 0 Å². The van der Waals surface area contributed by atoms with Crippen LogP contribution in [0.25, 0.3) is 0 Å². The number of carbonyl (C=O) groups excluding carboxylic acids is 1. The normalized spacial score (nSPS) is 21.4. The van der Waals surface area contributed by atoms with Gasteiger partial charge in [-0.15, -0.1) is 0 Å². The first-order chi connectivity index (χ1) is 8.16. The molecular weight excluding hydrogens is 217 g/mol. The molecule has 1 aromatic carbocycles. The number of piperidine rings is 1. The average Bonchev–Trinajstić information content (AvgIpc) is 2.29. The second-order valence-corrected chi connectivity index (χ2v) is 4.89. The van der Waals surface area contributed by atoms with Crippen LogP contribution in [0.3, 0.4) is 0 Å². The molecule has 2 rings (SSSR count). The first-order valence-corrected chi connectivity index (χ1v) is 6.17. The van der Waals surface area contributed by atoms with Crippen LogP contribution < -0.4 is 0 Å². The quantitative estimate of drug-likeness (QED) is 0.751. The summed E-state index contributed by atoms with van der Waals surface area (Å²) in [6.07, 6.45) is 2.36. The lowest BCUT2D eigenvalue weighted by Crippen LogP contribution is -2.38. The Hall–Kier alpha value is -1.22. The summed E-state index contributed by atoms with van der Waals surface area (Å²) in [5.74, 6) is 0.108. The van der Waals surface area contributed by atoms with Crippen LogP contribution in [-0.4, -0.2) is 30.3 Å². The molecule has 1 fully saturated rings. The number of benzene rings is 1. The topological polar surface area (TPSA) is 20.3 Å². The van der Waals surface area contributed by atoms with E-state index in [9.17, 15) is 9.18 Å². The predicted molar refractivity (Wildman–Crippen MR) is 65.6 cm³/mol. The number of hydrogen-bond donors (Lipinski definition) is 0. The van der Waals surface area contributed by atoms with Crippen LogP contribution in [0.2, 0.25) is 0 Å². The number of Topliss-reactive ketones (excluding diaryl/α,β-unsaturated/α-hetero) is 1. The molecule has 1 aliphatic rings. The highest BCUT2D eigenvalue weighted by molar-refractivity contribution is 5.97. The maximum absolute atomic E-state index is 13.4. The van der Waals surface area contributed by atoms with Crippen molar-refractivity contribution in [3.63, 3.8) is 0 Å². The van der Waals surface area contributed by atoms with Gasteiger partial charge in [0.15, 0.2) is 5.78 Å². The van der Waals surface area contributed by atoms with Crippen molar-refractivity contribution in [2.45, 2.75) is 19.8 Å². The number of ketones is 1. The zero-order valence-corrected chi connectivity index (χ0v) is 10.2. The van der Waals surface area contributed by atoms with Gasteiger partial charge in [-0.2, -0.15) is 0 Å². The monoisotopic (exact) mass is 235 g/mol. The van der Waals surface area contributed by atoms with Gasteiger partial charge in [-0.25, -0.2) is 4.39 Å². The fourth-order valence-corrected chi connectivity index (χ4v) is 2.41. The Bertz CT molecular complexity index is 405. The first-order valence-electron chi connectivity index (χ1n) is 6.17. The maximum Gasteiger partial charge on any atom is 0.179 e. The van der Waals surface area contributed by atoms with Crippen LogP contribution in [0.4, 0.5) is 4.39 Å². The molecule has 2 nitrogen and oxygen atoms in total. The summed E-state index contributed by atoms with van der Waals surface area (Å²) < 4.78 is 13.4. The fourth-order valence-electron chi connectivity index (χ4n) is 2.41. The third-order valence-corrected chi connectivity index (χ3v) is 3.28. The molecule has 0 aliphatic carbocycles. The Balaban J connectivity index is 1.99. The largest absolute Gasteiger partial charge is 0.296 e. The molecule has 1 saturated heterocycles. The molecule has 3 heteroatoms. The Kier molecular flexibility index (Phi) is 3.89. The van der Waals surface area contributed by atoms with Crippen LogP contribution in [0.5, 0.6) is 0 Å². The van der Waals surface area contributed by atoms with Gasteiger partial charge in [-0.3, -0.25) is 9.69 Å². The zero-order chi connectivity index (χ0) is 12.3. The van der Waals surface area contributed by atoms with Crippen molar-refractivity contribution in [1.82, 2.24) is 4.90 Å². The molecule has 0 N–H and O–H groups in total. The molecule has 92 valence electrons. The number of carbonyl (C=O) groups is 1. The summed E-state index contributed by atoms with van der Waals surface area (Å²) in [5.41, 5.74) is 0.214. The van der Waals surface area contributed by atoms with E-state index in [4.69, 9.17) is 0 Å². The second-order valence-electron chi connectivity index (χ2n) is 4.89. The predicted octanol–water partition coefficient (Wildman–Crippen LogP) is 2.74. The van der Waals surface area contributed by atoms with Gasteiger partial charge in [0.2, 0.25) is 0 Å². The van der Waals surface area contributed by atoms with Gasteiger partial charge in [-0.1, -0.05) is 19.1 Å². The standard InChI is InChI=1S/C14H18FNO/c1-11-5-4-8-16(9-11)10-14(17)12-6-2-3-7-13(12)15/h2-3,6-7,11H,4-5,8-10H2,1H3. The van der Waals surface area contributed by atoms with Crippen LogP contribution in [0.1, 0.15) is 30.1 Å². The molecular formula is C14H18FNO. The van der Waals surface area contributed by atoms with E-state index in [1.807, 2.05) is 0 Å². The summed E-state index contributed by atoms with van der Waals surface area (Å²) >= 11 is 0. The van der Waals surface area contributed by atoms with Crippen molar-refractivity contribution in [3.05, 3.63) is 35.6 Å². The highest BCUT2D eigenvalue weighted by Gasteiger charge is 2.20. The average molecular weight is 235 g/mol. The van der Waals surface area contributed by atoms with E-state index in [1.54, 1.807) is 18.2 Å². The molecule has 0 spiro atoms. The van der Waals surface area contributed by atoms with E-state index in [-0.39, 0.29) is 11.3 Å². The molecule has 0 radical (unpaired) electrons. The van der Waals surface area contributed by atoms with Crippen molar-refractivity contribution in [2.75, 3.05) is 19.6 Å². The molecule has 17 heavy (non-hydrogen) atoms. The maximum atomic E-state index is 13.4. The lowest BCUT2D eigenvalue weighted by molar-refractivity contribution is 0.0889. The van der Waals surface area contributed by atoms with E-state index in [0.29, 0.717) is 12.5 Å². The van der Waals surface area contributed by atoms with E-state index in [2.05, 4.69) is 11.8 Å². The van der Waals surface area contributed by atoms with Gasteiger partial charge in [-0.05, 0) is 37.4 Å². The van der Waals surface area contributed by atoms with Gasteiger partial charge in [0.1, 0.15) is 5.82 Å². The summed E-state index contributed by atoms with van der Waals surface area (Å²) in [7, 11) is 0. The molecule has 0 amide bonds. The van der Waals surface area contributed by atoms with Crippen molar-refractivity contribution < 1.29 is 9.18 Å². The SMILES string of the molecule is CC1CCCN(CC(=O)c2ccccc2F)C1. The van der Waals surface area contributed by atoms with Crippen molar-refractivity contribution in [3.8, 4) is 0 Å². The lowest BCUT2D eigenvalue weighted by Gasteiger charge is -2.30. The van der Waals surface area contributed by atoms with Gasteiger partial charge in [0.05, 0.1) is 12.1 Å². The number of likely N-dealkylation sites (tertiary alicyclic amines) is 1. The molecule has 0 bridgehead atoms. The number of hydrogen-bond acceptors (Lipinski definition) is 2. The first kappa shape index (κ1) is 12.2. The summed E-state index contributed by atoms with van der Waals surface area (Å²) in [4.78, 5) is 14.1. The van der Waals surface area contributed by atoms with Gasteiger partial charge in [0.25, 0.3) is 0 Å². The Morgan fingerprint density at radius 2 is 2.24 bits per heavy atom. The van der Waals surface area contributed by atoms with Gasteiger partial charge >= 0.3 is 0 Å². The molecule has 0 aromatic heterocycles. The Morgan fingerprint density at radius 3 is 2.94 bits per heavy atom. The third kappa shape index (κ3) is 3.13. The Morgan fingerprint density at radius 1 is 1.47 bits per heavy atom. The number of nitrogens with zero attached hydrogens (tertiary/aromatic N) is 1. The highest BCUT2D eigenvalue weighted by atomic mass is 19.1. The smallest absolute Gasteiger partial charge is 0.179 e. The van der Waals surface area contributed by atoms with Crippen molar-refractivity contribution >= 4 is 5.78 Å². The van der Waals surface area contributed by atoms with Gasteiger partial charge in [0, 0.05) is 6.54 Å². The van der Waals surface area contributed by atoms with Crippen LogP contribution >= 0.6 is 0 Å². The summed E-state index contributed by atoms with van der Waals surface area (Å²) in [6.45, 7) is 4.43. The minimum atomic E-state index is -0.414. The van der Waals surface area contributed by atoms with Crippen LogP contribution in [0, 0.1) is 11.7 Å². The minimum Gasteiger partial charge on any atom is -0.296 e. The van der Waals surface area contributed by atoms with Gasteiger partial charge < -0.3 is 0 Å². The number of halogens is 1. The molecule has 1 atom stereocenters. The lowest BCUT2D eigenvalue weighted by atomic mass is 9.99. The molecule has 1 aromatic rings. The summed E-state index contributed by atoms with van der Waals surface area (Å²) in [5, 5.41) is 0. The van der Waals surface area contributed by atoms with E-state index in [1.165, 1.54) is 12.5 Å². The van der Waals surface area contributed by atoms with E-state index < -0.39 is 5.82 Å². The van der Waals surface area contributed by atoms with Crippen molar-refractivity contribution in [2.24, 2.45) is 5.92 Å². The third-order valence-electron chi connectivity index (χ3n) is 3.28. The number of rotatable bonds is 3. The molecule has 1 heterocycles. The fraction of sp³-hybridized carbons (Fsp3) is 0.500.